The highest BCUT2D eigenvalue weighted by atomic mass is 32.2. The van der Waals surface area contributed by atoms with Crippen molar-refractivity contribution >= 4 is 35.3 Å². The summed E-state index contributed by atoms with van der Waals surface area (Å²) < 4.78 is 10.4. The highest BCUT2D eigenvalue weighted by Crippen LogP contribution is 2.33. The van der Waals surface area contributed by atoms with Crippen molar-refractivity contribution in [3.8, 4) is 0 Å². The van der Waals surface area contributed by atoms with Gasteiger partial charge in [-0.25, -0.2) is 0 Å². The predicted octanol–water partition coefficient (Wildman–Crippen LogP) is 1.33. The summed E-state index contributed by atoms with van der Waals surface area (Å²) in [6.45, 7) is 3.40. The number of hydrogen-bond acceptors (Lipinski definition) is 9. The van der Waals surface area contributed by atoms with Crippen molar-refractivity contribution in [1.82, 2.24) is 0 Å². The molecule has 8 nitrogen and oxygen atoms in total. The molecule has 9 heteroatoms. The molecular formula is C20H30O8S. The molecule has 6 atom stereocenters. The van der Waals surface area contributed by atoms with E-state index in [0.29, 0.717) is 12.8 Å². The Morgan fingerprint density at radius 2 is 1.10 bits per heavy atom. The molecule has 6 unspecified atom stereocenters. The normalized spacial score (nSPS) is 36.1. The van der Waals surface area contributed by atoms with Crippen LogP contribution in [0, 0.1) is 0 Å². The molecule has 29 heavy (non-hydrogen) atoms. The van der Waals surface area contributed by atoms with Gasteiger partial charge in [-0.15, -0.1) is 11.8 Å². The molecule has 0 spiro atoms. The number of carbonyl (C=O) groups excluding carboxylic acids is 4. The van der Waals surface area contributed by atoms with E-state index in [1.54, 1.807) is 13.8 Å². The van der Waals surface area contributed by atoms with Crippen LogP contribution in [0.2, 0.25) is 0 Å². The number of esters is 2. The Morgan fingerprint density at radius 1 is 0.724 bits per heavy atom. The molecule has 0 aromatic rings. The second-order valence-electron chi connectivity index (χ2n) is 7.92. The van der Waals surface area contributed by atoms with Crippen molar-refractivity contribution in [3.63, 3.8) is 0 Å². The minimum Gasteiger partial charge on any atom is -0.463 e. The molecule has 0 aromatic heterocycles. The van der Waals surface area contributed by atoms with Gasteiger partial charge < -0.3 is 19.7 Å². The first-order valence-corrected chi connectivity index (χ1v) is 11.0. The maximum Gasteiger partial charge on any atom is 0.308 e. The maximum absolute atomic E-state index is 12.3. The van der Waals surface area contributed by atoms with Gasteiger partial charge in [0.25, 0.3) is 0 Å². The zero-order chi connectivity index (χ0) is 21.6. The lowest BCUT2D eigenvalue weighted by molar-refractivity contribution is -0.152. The van der Waals surface area contributed by atoms with Gasteiger partial charge in [-0.3, -0.25) is 19.2 Å². The van der Waals surface area contributed by atoms with Crippen molar-refractivity contribution in [2.75, 3.05) is 0 Å². The van der Waals surface area contributed by atoms with Crippen LogP contribution in [0.3, 0.4) is 0 Å². The summed E-state index contributed by atoms with van der Waals surface area (Å²) in [5.74, 6) is -1.27. The molecule has 2 aliphatic heterocycles. The van der Waals surface area contributed by atoms with Crippen LogP contribution in [0.25, 0.3) is 0 Å². The lowest BCUT2D eigenvalue weighted by Gasteiger charge is -2.30. The van der Waals surface area contributed by atoms with E-state index >= 15 is 0 Å². The Kier molecular flexibility index (Phi) is 9.10. The molecule has 2 heterocycles. The van der Waals surface area contributed by atoms with Gasteiger partial charge in [-0.2, -0.15) is 0 Å². The number of aliphatic hydroxyl groups is 2. The molecule has 2 rings (SSSR count). The minimum atomic E-state index is -1.16. The summed E-state index contributed by atoms with van der Waals surface area (Å²) in [7, 11) is 0. The van der Waals surface area contributed by atoms with Gasteiger partial charge in [0.15, 0.2) is 0 Å². The fourth-order valence-corrected chi connectivity index (χ4v) is 4.99. The SMILES string of the molecule is CC1CCC(=O)CC(SC2CC(=O)CCC(C)OC(=O)CC2O)C(O)CC(=O)O1. The lowest BCUT2D eigenvalue weighted by Crippen LogP contribution is -2.37. The van der Waals surface area contributed by atoms with E-state index in [1.165, 1.54) is 0 Å². The molecule has 2 saturated heterocycles. The fourth-order valence-electron chi connectivity index (χ4n) is 3.42. The zero-order valence-corrected chi connectivity index (χ0v) is 17.7. The monoisotopic (exact) mass is 430 g/mol. The van der Waals surface area contributed by atoms with Crippen molar-refractivity contribution in [2.24, 2.45) is 0 Å². The second-order valence-corrected chi connectivity index (χ2v) is 9.40. The molecule has 164 valence electrons. The van der Waals surface area contributed by atoms with E-state index in [2.05, 4.69) is 0 Å². The number of hydrogen-bond donors (Lipinski definition) is 2. The Labute approximate surface area is 174 Å². The summed E-state index contributed by atoms with van der Waals surface area (Å²) in [5.41, 5.74) is 0. The van der Waals surface area contributed by atoms with Gasteiger partial charge in [-0.1, -0.05) is 0 Å². The van der Waals surface area contributed by atoms with E-state index in [-0.39, 0.29) is 50.1 Å². The fraction of sp³-hybridized carbons (Fsp3) is 0.800. The van der Waals surface area contributed by atoms with E-state index in [4.69, 9.17) is 9.47 Å². The number of thioether (sulfide) groups is 1. The molecule has 0 amide bonds. The van der Waals surface area contributed by atoms with Gasteiger partial charge in [0.05, 0.1) is 37.3 Å². The van der Waals surface area contributed by atoms with Crippen LogP contribution < -0.4 is 0 Å². The standard InChI is InChI=1S/C20H30O8S/c1-11-3-5-13(21)7-17(15(23)9-19(25)27-11)29-18-8-14(22)6-4-12(2)28-20(26)10-16(18)24/h11-12,15-18,23-24H,3-10H2,1-2H3. The molecule has 0 radical (unpaired) electrons. The van der Waals surface area contributed by atoms with Gasteiger partial charge >= 0.3 is 11.9 Å². The largest absolute Gasteiger partial charge is 0.463 e. The molecule has 0 saturated carbocycles. The van der Waals surface area contributed by atoms with Gasteiger partial charge in [-0.05, 0) is 26.7 Å². The van der Waals surface area contributed by atoms with Gasteiger partial charge in [0.2, 0.25) is 0 Å². The molecule has 2 N–H and O–H groups in total. The molecule has 2 fully saturated rings. The van der Waals surface area contributed by atoms with E-state index in [0.717, 1.165) is 11.8 Å². The molecule has 0 bridgehead atoms. The first kappa shape index (κ1) is 23.8. The molecular weight excluding hydrogens is 400 g/mol. The third-order valence-corrected chi connectivity index (χ3v) is 6.80. The predicted molar refractivity (Wildman–Crippen MR) is 105 cm³/mol. The first-order valence-electron chi connectivity index (χ1n) is 10.1. The summed E-state index contributed by atoms with van der Waals surface area (Å²) in [5, 5.41) is 19.7. The van der Waals surface area contributed by atoms with Crippen LogP contribution in [0.1, 0.15) is 65.2 Å². The smallest absolute Gasteiger partial charge is 0.308 e. The zero-order valence-electron chi connectivity index (χ0n) is 16.9. The van der Waals surface area contributed by atoms with Crippen LogP contribution in [0.4, 0.5) is 0 Å². The Balaban J connectivity index is 2.14. The van der Waals surface area contributed by atoms with Gasteiger partial charge in [0, 0.05) is 36.2 Å². The van der Waals surface area contributed by atoms with E-state index in [1.807, 2.05) is 0 Å². The summed E-state index contributed by atoms with van der Waals surface area (Å²) >= 11 is 1.09. The maximum atomic E-state index is 12.3. The summed E-state index contributed by atoms with van der Waals surface area (Å²) in [6, 6.07) is 0. The number of aliphatic hydroxyl groups excluding tert-OH is 2. The topological polar surface area (TPSA) is 127 Å². The van der Waals surface area contributed by atoms with Crippen LogP contribution in [-0.4, -0.2) is 68.6 Å². The second kappa shape index (κ2) is 11.1. The van der Waals surface area contributed by atoms with E-state index in [9.17, 15) is 29.4 Å². The number of rotatable bonds is 2. The third kappa shape index (κ3) is 8.06. The number of cyclic esters (lactones) is 2. The third-order valence-electron chi connectivity index (χ3n) is 5.14. The Hall–Kier alpha value is -1.45. The van der Waals surface area contributed by atoms with Crippen LogP contribution in [-0.2, 0) is 28.7 Å². The minimum absolute atomic E-state index is 0.0186. The summed E-state index contributed by atoms with van der Waals surface area (Å²) in [4.78, 5) is 48.6. The molecule has 0 aliphatic carbocycles. The van der Waals surface area contributed by atoms with Crippen LogP contribution in [0.15, 0.2) is 0 Å². The summed E-state index contributed by atoms with van der Waals surface area (Å²) in [6.07, 6.45) is -2.37. The first-order chi connectivity index (χ1) is 13.6. The Morgan fingerprint density at radius 3 is 1.48 bits per heavy atom. The number of ether oxygens (including phenoxy) is 2. The lowest BCUT2D eigenvalue weighted by atomic mass is 10.0. The molecule has 0 aromatic carbocycles. The average molecular weight is 431 g/mol. The van der Waals surface area contributed by atoms with Gasteiger partial charge in [0.1, 0.15) is 11.6 Å². The van der Waals surface area contributed by atoms with E-state index < -0.39 is 46.9 Å². The van der Waals surface area contributed by atoms with Crippen molar-refractivity contribution < 1.29 is 38.9 Å². The Bertz CT molecular complexity index is 570. The van der Waals surface area contributed by atoms with Crippen LogP contribution in [0.5, 0.6) is 0 Å². The average Bonchev–Trinajstić information content (AvgIpc) is 2.61. The van der Waals surface area contributed by atoms with Crippen molar-refractivity contribution in [2.45, 2.75) is 100 Å². The number of Topliss-reactive ketones (excluding diaryl/α,β-unsaturated/α-hetero) is 2. The highest BCUT2D eigenvalue weighted by Gasteiger charge is 2.35. The molecule has 2 aliphatic rings. The number of ketones is 2. The number of carbonyl (C=O) groups is 4. The van der Waals surface area contributed by atoms with Crippen LogP contribution >= 0.6 is 11.8 Å². The van der Waals surface area contributed by atoms with Crippen molar-refractivity contribution in [1.29, 1.82) is 0 Å². The highest BCUT2D eigenvalue weighted by molar-refractivity contribution is 8.00. The van der Waals surface area contributed by atoms with Crippen molar-refractivity contribution in [3.05, 3.63) is 0 Å². The quantitative estimate of drug-likeness (QED) is 0.624.